The van der Waals surface area contributed by atoms with Crippen molar-refractivity contribution in [1.82, 2.24) is 4.90 Å². The van der Waals surface area contributed by atoms with E-state index in [0.717, 1.165) is 24.8 Å². The number of carbonyl (C=O) groups excluding carboxylic acids is 2. The van der Waals surface area contributed by atoms with Gasteiger partial charge in [0.25, 0.3) is 5.91 Å². The van der Waals surface area contributed by atoms with E-state index in [-0.39, 0.29) is 11.8 Å². The lowest BCUT2D eigenvalue weighted by Gasteiger charge is -2.26. The molecule has 1 heterocycles. The van der Waals surface area contributed by atoms with Gasteiger partial charge < -0.3 is 0 Å². The van der Waals surface area contributed by atoms with Gasteiger partial charge in [-0.3, -0.25) is 14.5 Å². The number of nitrogens with zero attached hydrogens (tertiary/aromatic N) is 1. The first kappa shape index (κ1) is 11.8. The molecule has 1 aromatic carbocycles. The molecule has 3 heteroatoms. The van der Waals surface area contributed by atoms with Gasteiger partial charge in [0.2, 0.25) is 5.91 Å². The summed E-state index contributed by atoms with van der Waals surface area (Å²) >= 11 is 0. The van der Waals surface area contributed by atoms with E-state index < -0.39 is 0 Å². The summed E-state index contributed by atoms with van der Waals surface area (Å²) < 4.78 is 0. The third-order valence-corrected chi connectivity index (χ3v) is 3.12. The maximum atomic E-state index is 12.1. The van der Waals surface area contributed by atoms with Gasteiger partial charge in [-0.25, -0.2) is 0 Å². The third-order valence-electron chi connectivity index (χ3n) is 3.12. The summed E-state index contributed by atoms with van der Waals surface area (Å²) in [6, 6.07) is 7.37. The summed E-state index contributed by atoms with van der Waals surface area (Å²) in [4.78, 5) is 25.4. The van der Waals surface area contributed by atoms with Crippen LogP contribution >= 0.6 is 0 Å². The molecule has 2 rings (SSSR count). The van der Waals surface area contributed by atoms with Crippen molar-refractivity contribution in [2.45, 2.75) is 32.6 Å². The molecule has 0 saturated carbocycles. The van der Waals surface area contributed by atoms with Crippen molar-refractivity contribution in [2.75, 3.05) is 6.54 Å². The molecular formula is C14H17NO2. The molecule has 0 unspecified atom stereocenters. The largest absolute Gasteiger partial charge is 0.278 e. The minimum Gasteiger partial charge on any atom is -0.278 e. The zero-order valence-corrected chi connectivity index (χ0v) is 10.1. The zero-order chi connectivity index (χ0) is 12.3. The Morgan fingerprint density at radius 2 is 1.94 bits per heavy atom. The van der Waals surface area contributed by atoms with E-state index in [9.17, 15) is 9.59 Å². The van der Waals surface area contributed by atoms with Crippen LogP contribution < -0.4 is 0 Å². The van der Waals surface area contributed by atoms with Gasteiger partial charge >= 0.3 is 0 Å². The summed E-state index contributed by atoms with van der Waals surface area (Å²) in [6.07, 6.45) is 3.40. The van der Waals surface area contributed by atoms with E-state index in [1.165, 1.54) is 4.90 Å². The van der Waals surface area contributed by atoms with Gasteiger partial charge in [-0.2, -0.15) is 0 Å². The highest BCUT2D eigenvalue weighted by Gasteiger charge is 2.29. The van der Waals surface area contributed by atoms with Crippen LogP contribution in [-0.4, -0.2) is 23.3 Å². The number of imide groups is 1. The van der Waals surface area contributed by atoms with Crippen LogP contribution in [0.3, 0.4) is 0 Å². The van der Waals surface area contributed by atoms with Crippen molar-refractivity contribution in [2.24, 2.45) is 0 Å². The second kappa shape index (κ2) is 5.13. The van der Waals surface area contributed by atoms with Crippen LogP contribution in [0.4, 0.5) is 0 Å². The van der Waals surface area contributed by atoms with Crippen molar-refractivity contribution in [3.63, 3.8) is 0 Å². The normalized spacial score (nSPS) is 15.0. The van der Waals surface area contributed by atoms with Crippen LogP contribution in [0, 0.1) is 0 Å². The van der Waals surface area contributed by atoms with Crippen molar-refractivity contribution in [3.05, 3.63) is 35.4 Å². The molecule has 1 aromatic rings. The van der Waals surface area contributed by atoms with Gasteiger partial charge in [-0.05, 0) is 18.1 Å². The van der Waals surface area contributed by atoms with E-state index in [1.807, 2.05) is 18.2 Å². The summed E-state index contributed by atoms with van der Waals surface area (Å²) in [5.41, 5.74) is 1.54. The van der Waals surface area contributed by atoms with Crippen LogP contribution in [0.15, 0.2) is 24.3 Å². The first-order valence-electron chi connectivity index (χ1n) is 6.16. The molecule has 0 aromatic heterocycles. The van der Waals surface area contributed by atoms with E-state index in [2.05, 4.69) is 6.92 Å². The molecule has 0 saturated heterocycles. The number of rotatable bonds is 4. The lowest BCUT2D eigenvalue weighted by Crippen LogP contribution is -2.42. The Bertz CT molecular complexity index is 440. The van der Waals surface area contributed by atoms with Gasteiger partial charge in [0, 0.05) is 12.1 Å². The molecule has 2 amide bonds. The molecule has 0 N–H and O–H groups in total. The first-order chi connectivity index (χ1) is 8.24. The highest BCUT2D eigenvalue weighted by molar-refractivity contribution is 6.09. The Hall–Kier alpha value is -1.64. The van der Waals surface area contributed by atoms with Crippen LogP contribution in [-0.2, 0) is 11.2 Å². The minimum absolute atomic E-state index is 0.0650. The van der Waals surface area contributed by atoms with Crippen LogP contribution in [0.2, 0.25) is 0 Å². The summed E-state index contributed by atoms with van der Waals surface area (Å²) in [5, 5.41) is 0. The standard InChI is InChI=1S/C14H17NO2/c1-2-3-6-9-15-13(16)10-11-7-4-5-8-12(11)14(15)17/h4-5,7-8H,2-3,6,9-10H2,1H3. The van der Waals surface area contributed by atoms with E-state index in [4.69, 9.17) is 0 Å². The number of unbranched alkanes of at least 4 members (excludes halogenated alkanes) is 2. The smallest absolute Gasteiger partial charge is 0.260 e. The minimum atomic E-state index is -0.132. The highest BCUT2D eigenvalue weighted by Crippen LogP contribution is 2.19. The van der Waals surface area contributed by atoms with Gasteiger partial charge in [0.15, 0.2) is 0 Å². The molecule has 0 aliphatic carbocycles. The fourth-order valence-corrected chi connectivity index (χ4v) is 2.15. The van der Waals surface area contributed by atoms with Crippen molar-refractivity contribution >= 4 is 11.8 Å². The molecule has 0 radical (unpaired) electrons. The van der Waals surface area contributed by atoms with Crippen LogP contribution in [0.5, 0.6) is 0 Å². The summed E-state index contributed by atoms with van der Waals surface area (Å²) in [7, 11) is 0. The molecule has 1 aliphatic rings. The number of benzene rings is 1. The predicted molar refractivity (Wildman–Crippen MR) is 65.7 cm³/mol. The Morgan fingerprint density at radius 3 is 2.71 bits per heavy atom. The predicted octanol–water partition coefficient (Wildman–Crippen LogP) is 2.40. The Labute approximate surface area is 101 Å². The Balaban J connectivity index is 2.16. The SMILES string of the molecule is CCCCCN1C(=O)Cc2ccccc2C1=O. The second-order valence-electron chi connectivity index (χ2n) is 4.39. The molecule has 0 bridgehead atoms. The van der Waals surface area contributed by atoms with Crippen molar-refractivity contribution in [1.29, 1.82) is 0 Å². The van der Waals surface area contributed by atoms with Crippen molar-refractivity contribution in [3.8, 4) is 0 Å². The molecule has 3 nitrogen and oxygen atoms in total. The Kier molecular flexibility index (Phi) is 3.57. The van der Waals surface area contributed by atoms with Crippen molar-refractivity contribution < 1.29 is 9.59 Å². The number of fused-ring (bicyclic) bond motifs is 1. The fourth-order valence-electron chi connectivity index (χ4n) is 2.15. The van der Waals surface area contributed by atoms with E-state index in [0.29, 0.717) is 18.5 Å². The van der Waals surface area contributed by atoms with Gasteiger partial charge in [0.05, 0.1) is 6.42 Å². The molecule has 17 heavy (non-hydrogen) atoms. The van der Waals surface area contributed by atoms with Gasteiger partial charge in [0.1, 0.15) is 0 Å². The van der Waals surface area contributed by atoms with Crippen LogP contribution in [0.25, 0.3) is 0 Å². The molecule has 0 spiro atoms. The number of hydrogen-bond donors (Lipinski definition) is 0. The van der Waals surface area contributed by atoms with Crippen LogP contribution in [0.1, 0.15) is 42.1 Å². The molecule has 0 atom stereocenters. The average molecular weight is 231 g/mol. The first-order valence-corrected chi connectivity index (χ1v) is 6.16. The van der Waals surface area contributed by atoms with E-state index in [1.54, 1.807) is 6.07 Å². The lowest BCUT2D eigenvalue weighted by atomic mass is 9.98. The Morgan fingerprint density at radius 1 is 1.18 bits per heavy atom. The maximum absolute atomic E-state index is 12.1. The lowest BCUT2D eigenvalue weighted by molar-refractivity contribution is -0.128. The number of amides is 2. The maximum Gasteiger partial charge on any atom is 0.260 e. The quantitative estimate of drug-likeness (QED) is 0.589. The molecule has 0 fully saturated rings. The van der Waals surface area contributed by atoms with E-state index >= 15 is 0 Å². The summed E-state index contributed by atoms with van der Waals surface area (Å²) in [6.45, 7) is 2.66. The topological polar surface area (TPSA) is 37.4 Å². The average Bonchev–Trinajstić information content (AvgIpc) is 2.33. The number of carbonyl (C=O) groups is 2. The summed E-state index contributed by atoms with van der Waals surface area (Å²) in [5.74, 6) is -0.197. The van der Waals surface area contributed by atoms with Gasteiger partial charge in [-0.15, -0.1) is 0 Å². The number of hydrogen-bond acceptors (Lipinski definition) is 2. The fraction of sp³-hybridized carbons (Fsp3) is 0.429. The second-order valence-corrected chi connectivity index (χ2v) is 4.39. The zero-order valence-electron chi connectivity index (χ0n) is 10.1. The monoisotopic (exact) mass is 231 g/mol. The third kappa shape index (κ3) is 2.38. The molecule has 90 valence electrons. The molecule has 1 aliphatic heterocycles. The van der Waals surface area contributed by atoms with Gasteiger partial charge in [-0.1, -0.05) is 38.0 Å². The molecular weight excluding hydrogens is 214 g/mol. The highest BCUT2D eigenvalue weighted by atomic mass is 16.2.